The molecule has 0 bridgehead atoms. The van der Waals surface area contributed by atoms with Crippen molar-refractivity contribution in [2.24, 2.45) is 0 Å². The lowest BCUT2D eigenvalue weighted by atomic mass is 10.0. The van der Waals surface area contributed by atoms with Gasteiger partial charge in [-0.15, -0.1) is 6.42 Å². The quantitative estimate of drug-likeness (QED) is 0.650. The molecule has 0 radical (unpaired) electrons. The van der Waals surface area contributed by atoms with Crippen LogP contribution in [0.2, 0.25) is 0 Å². The van der Waals surface area contributed by atoms with Crippen molar-refractivity contribution in [3.8, 4) is 23.5 Å². The van der Waals surface area contributed by atoms with Crippen LogP contribution in [0.5, 0.6) is 0 Å². The van der Waals surface area contributed by atoms with E-state index in [9.17, 15) is 0 Å². The van der Waals surface area contributed by atoms with Gasteiger partial charge in [0.1, 0.15) is 5.69 Å². The number of furan rings is 1. The number of terminal acetylenes is 1. The Morgan fingerprint density at radius 3 is 2.53 bits per heavy atom. The molecular weight excluding hydrogens is 238 g/mol. The molecule has 2 heterocycles. The molecular formula is C15H11N3O. The minimum Gasteiger partial charge on any atom is -0.437 e. The van der Waals surface area contributed by atoms with Crippen molar-refractivity contribution in [3.05, 3.63) is 42.2 Å². The van der Waals surface area contributed by atoms with Crippen LogP contribution < -0.4 is 11.5 Å². The Kier molecular flexibility index (Phi) is 2.39. The maximum absolute atomic E-state index is 5.95. The first kappa shape index (κ1) is 11.2. The van der Waals surface area contributed by atoms with Gasteiger partial charge in [0, 0.05) is 17.3 Å². The van der Waals surface area contributed by atoms with Gasteiger partial charge < -0.3 is 15.9 Å². The highest BCUT2D eigenvalue weighted by Crippen LogP contribution is 2.37. The van der Waals surface area contributed by atoms with Gasteiger partial charge in [-0.3, -0.25) is 4.98 Å². The van der Waals surface area contributed by atoms with E-state index >= 15 is 0 Å². The molecule has 2 aromatic heterocycles. The van der Waals surface area contributed by atoms with Gasteiger partial charge in [0.15, 0.2) is 5.58 Å². The molecule has 4 nitrogen and oxygen atoms in total. The van der Waals surface area contributed by atoms with E-state index in [1.807, 2.05) is 24.3 Å². The zero-order chi connectivity index (χ0) is 13.4. The Hall–Kier alpha value is -2.93. The zero-order valence-corrected chi connectivity index (χ0v) is 10.1. The molecule has 1 aromatic carbocycles. The van der Waals surface area contributed by atoms with Crippen LogP contribution in [-0.2, 0) is 0 Å². The average Bonchev–Trinajstić information content (AvgIpc) is 2.74. The van der Waals surface area contributed by atoms with Crippen LogP contribution >= 0.6 is 0 Å². The van der Waals surface area contributed by atoms with Crippen molar-refractivity contribution in [1.29, 1.82) is 0 Å². The zero-order valence-electron chi connectivity index (χ0n) is 10.1. The van der Waals surface area contributed by atoms with Crippen LogP contribution in [0.25, 0.3) is 22.1 Å². The molecule has 0 aliphatic carbocycles. The summed E-state index contributed by atoms with van der Waals surface area (Å²) >= 11 is 0. The van der Waals surface area contributed by atoms with Gasteiger partial charge >= 0.3 is 0 Å². The number of aromatic nitrogens is 1. The van der Waals surface area contributed by atoms with Gasteiger partial charge in [-0.25, -0.2) is 0 Å². The van der Waals surface area contributed by atoms with E-state index in [0.29, 0.717) is 11.3 Å². The fourth-order valence-electron chi connectivity index (χ4n) is 2.06. The Morgan fingerprint density at radius 1 is 1.11 bits per heavy atom. The summed E-state index contributed by atoms with van der Waals surface area (Å²) < 4.78 is 5.36. The molecule has 3 rings (SSSR count). The third kappa shape index (κ3) is 1.69. The van der Waals surface area contributed by atoms with E-state index in [1.54, 1.807) is 12.4 Å². The van der Waals surface area contributed by atoms with Crippen LogP contribution in [0.1, 0.15) is 5.56 Å². The first-order valence-electron chi connectivity index (χ1n) is 5.69. The van der Waals surface area contributed by atoms with Crippen LogP contribution in [0.4, 0.5) is 11.6 Å². The maximum Gasteiger partial charge on any atom is 0.214 e. The average molecular weight is 249 g/mol. The van der Waals surface area contributed by atoms with Crippen molar-refractivity contribution in [3.63, 3.8) is 0 Å². The highest BCUT2D eigenvalue weighted by Gasteiger charge is 2.14. The predicted molar refractivity (Wildman–Crippen MR) is 76.2 cm³/mol. The summed E-state index contributed by atoms with van der Waals surface area (Å²) in [6.07, 6.45) is 8.68. The van der Waals surface area contributed by atoms with E-state index in [-0.39, 0.29) is 5.88 Å². The number of nitrogen functional groups attached to an aromatic ring is 2. The van der Waals surface area contributed by atoms with Crippen molar-refractivity contribution in [2.75, 3.05) is 11.5 Å². The molecule has 0 unspecified atom stereocenters. The number of anilines is 2. The van der Waals surface area contributed by atoms with Crippen LogP contribution in [-0.4, -0.2) is 4.98 Å². The van der Waals surface area contributed by atoms with E-state index in [0.717, 1.165) is 22.1 Å². The smallest absolute Gasteiger partial charge is 0.214 e. The number of nitrogens with zero attached hydrogens (tertiary/aromatic N) is 1. The maximum atomic E-state index is 5.95. The highest BCUT2D eigenvalue weighted by atomic mass is 16.3. The second-order valence-corrected chi connectivity index (χ2v) is 4.16. The summed E-state index contributed by atoms with van der Waals surface area (Å²) in [5.41, 5.74) is 15.3. The number of rotatable bonds is 1. The number of benzene rings is 1. The molecule has 3 aromatic rings. The fourth-order valence-corrected chi connectivity index (χ4v) is 2.06. The summed E-state index contributed by atoms with van der Waals surface area (Å²) in [5.74, 6) is 2.79. The number of fused-ring (bicyclic) bond motifs is 1. The first-order chi connectivity index (χ1) is 9.20. The number of pyridine rings is 1. The van der Waals surface area contributed by atoms with E-state index in [1.165, 1.54) is 0 Å². The number of hydrogen-bond donors (Lipinski definition) is 2. The fraction of sp³-hybridized carbons (Fsp3) is 0. The standard InChI is InChI=1S/C15H11N3O/c1-2-9-3-5-10(6-4-9)11-7-18-8-12-13(11)14(16)15(17)19-12/h1,3-8H,16-17H2. The lowest BCUT2D eigenvalue weighted by Gasteiger charge is -2.03. The molecule has 0 aliphatic rings. The minimum absolute atomic E-state index is 0.212. The summed E-state index contributed by atoms with van der Waals surface area (Å²) in [7, 11) is 0. The van der Waals surface area contributed by atoms with Crippen molar-refractivity contribution >= 4 is 22.5 Å². The predicted octanol–water partition coefficient (Wildman–Crippen LogP) is 2.64. The normalized spacial score (nSPS) is 10.5. The van der Waals surface area contributed by atoms with E-state index in [2.05, 4.69) is 10.9 Å². The minimum atomic E-state index is 0.212. The molecule has 0 amide bonds. The second kappa shape index (κ2) is 4.07. The molecule has 0 aliphatic heterocycles. The van der Waals surface area contributed by atoms with Crippen LogP contribution in [0.3, 0.4) is 0 Å². The molecule has 0 fully saturated rings. The van der Waals surface area contributed by atoms with Crippen LogP contribution in [0.15, 0.2) is 41.1 Å². The highest BCUT2D eigenvalue weighted by molar-refractivity contribution is 6.04. The Balaban J connectivity index is 2.27. The largest absolute Gasteiger partial charge is 0.437 e. The van der Waals surface area contributed by atoms with E-state index in [4.69, 9.17) is 22.3 Å². The molecule has 4 heteroatoms. The molecule has 0 saturated heterocycles. The lowest BCUT2D eigenvalue weighted by molar-refractivity contribution is 0.637. The third-order valence-corrected chi connectivity index (χ3v) is 3.03. The van der Waals surface area contributed by atoms with Gasteiger partial charge in [-0.05, 0) is 17.7 Å². The first-order valence-corrected chi connectivity index (χ1v) is 5.69. The Labute approximate surface area is 110 Å². The molecule has 92 valence electrons. The molecule has 0 atom stereocenters. The monoisotopic (exact) mass is 249 g/mol. The van der Waals surface area contributed by atoms with Gasteiger partial charge in [0.25, 0.3) is 0 Å². The lowest BCUT2D eigenvalue weighted by Crippen LogP contribution is -1.91. The Bertz CT molecular complexity index is 795. The van der Waals surface area contributed by atoms with E-state index < -0.39 is 0 Å². The number of nitrogens with two attached hydrogens (primary N) is 2. The van der Waals surface area contributed by atoms with Gasteiger partial charge in [-0.2, -0.15) is 0 Å². The summed E-state index contributed by atoms with van der Waals surface area (Å²) in [6, 6.07) is 7.59. The van der Waals surface area contributed by atoms with Gasteiger partial charge in [-0.1, -0.05) is 18.1 Å². The van der Waals surface area contributed by atoms with Crippen LogP contribution in [0, 0.1) is 12.3 Å². The third-order valence-electron chi connectivity index (χ3n) is 3.03. The number of hydrogen-bond acceptors (Lipinski definition) is 4. The molecule has 0 saturated carbocycles. The van der Waals surface area contributed by atoms with Crippen molar-refractivity contribution in [2.45, 2.75) is 0 Å². The summed E-state index contributed by atoms with van der Waals surface area (Å²) in [5, 5.41) is 0.779. The topological polar surface area (TPSA) is 78.1 Å². The van der Waals surface area contributed by atoms with Crippen molar-refractivity contribution < 1.29 is 4.42 Å². The second-order valence-electron chi connectivity index (χ2n) is 4.16. The SMILES string of the molecule is C#Cc1ccc(-c2cncc3oc(N)c(N)c23)cc1. The molecule has 4 N–H and O–H groups in total. The summed E-state index contributed by atoms with van der Waals surface area (Å²) in [4.78, 5) is 4.14. The van der Waals surface area contributed by atoms with Crippen molar-refractivity contribution in [1.82, 2.24) is 4.98 Å². The molecule has 0 spiro atoms. The summed E-state index contributed by atoms with van der Waals surface area (Å²) in [6.45, 7) is 0. The van der Waals surface area contributed by atoms with Gasteiger partial charge in [0.2, 0.25) is 5.88 Å². The Morgan fingerprint density at radius 2 is 1.84 bits per heavy atom. The van der Waals surface area contributed by atoms with Gasteiger partial charge in [0.05, 0.1) is 11.6 Å². The molecule has 19 heavy (non-hydrogen) atoms.